The minimum atomic E-state index is 0.244. The summed E-state index contributed by atoms with van der Waals surface area (Å²) >= 11 is 0. The van der Waals surface area contributed by atoms with Crippen LogP contribution in [-0.2, 0) is 0 Å². The highest BCUT2D eigenvalue weighted by Crippen LogP contribution is 2.60. The van der Waals surface area contributed by atoms with E-state index < -0.39 is 0 Å². The molecule has 5 rings (SSSR count). The molecule has 0 aromatic heterocycles. The fourth-order valence-corrected chi connectivity index (χ4v) is 3.89. The van der Waals surface area contributed by atoms with Crippen molar-refractivity contribution in [2.24, 2.45) is 0 Å². The molecule has 0 aliphatic carbocycles. The van der Waals surface area contributed by atoms with E-state index in [1.54, 1.807) is 0 Å². The quantitative estimate of drug-likeness (QED) is 0.427. The Bertz CT molecular complexity index is 1080. The lowest BCUT2D eigenvalue weighted by Gasteiger charge is -2.44. The zero-order valence-electron chi connectivity index (χ0n) is 14.6. The van der Waals surface area contributed by atoms with Gasteiger partial charge in [-0.25, -0.2) is 0 Å². The van der Waals surface area contributed by atoms with E-state index >= 15 is 0 Å². The van der Waals surface area contributed by atoms with E-state index in [4.69, 9.17) is 4.74 Å². The van der Waals surface area contributed by atoms with Crippen molar-refractivity contribution < 1.29 is 4.74 Å². The fourth-order valence-electron chi connectivity index (χ4n) is 3.89. The van der Waals surface area contributed by atoms with E-state index in [1.165, 1.54) is 0 Å². The second-order valence-electron chi connectivity index (χ2n) is 6.81. The summed E-state index contributed by atoms with van der Waals surface area (Å²) in [6.07, 6.45) is 0. The number of fused-ring (bicyclic) bond motifs is 4. The van der Waals surface area contributed by atoms with Gasteiger partial charge in [0.25, 0.3) is 0 Å². The summed E-state index contributed by atoms with van der Waals surface area (Å²) in [5.41, 5.74) is 5.93. The van der Waals surface area contributed by atoms with Crippen LogP contribution in [0, 0.1) is 11.3 Å². The summed E-state index contributed by atoms with van der Waals surface area (Å²) in [5, 5.41) is 9.39. The zero-order chi connectivity index (χ0) is 17.8. The van der Waals surface area contributed by atoms with E-state index in [2.05, 4.69) is 41.8 Å². The van der Waals surface area contributed by atoms with Crippen molar-refractivity contribution in [3.8, 4) is 17.6 Å². The standard InChI is InChI=1S/C22H17N3O/c1-14(2)24-18-7-5-9-21-22(18)25(17-6-3-4-8-20(17)26-21)16-11-10-15(13-23)12-19(16)24/h3-12,14H,1-2H3. The summed E-state index contributed by atoms with van der Waals surface area (Å²) in [5.74, 6) is 1.69. The number of rotatable bonds is 1. The van der Waals surface area contributed by atoms with E-state index in [0.717, 1.165) is 39.9 Å². The Morgan fingerprint density at radius 3 is 2.42 bits per heavy atom. The van der Waals surface area contributed by atoms with Crippen molar-refractivity contribution in [1.29, 1.82) is 5.26 Å². The van der Waals surface area contributed by atoms with Crippen molar-refractivity contribution in [1.82, 2.24) is 0 Å². The topological polar surface area (TPSA) is 39.5 Å². The number of nitrogens with zero attached hydrogens (tertiary/aromatic N) is 3. The van der Waals surface area contributed by atoms with Gasteiger partial charge < -0.3 is 9.64 Å². The minimum Gasteiger partial charge on any atom is -0.453 e. The highest BCUT2D eigenvalue weighted by atomic mass is 16.5. The Morgan fingerprint density at radius 1 is 0.846 bits per heavy atom. The van der Waals surface area contributed by atoms with Crippen LogP contribution in [0.2, 0.25) is 0 Å². The maximum absolute atomic E-state index is 9.39. The third kappa shape index (κ3) is 1.89. The molecule has 0 atom stereocenters. The summed E-state index contributed by atoms with van der Waals surface area (Å²) < 4.78 is 6.19. The van der Waals surface area contributed by atoms with Gasteiger partial charge in [0.2, 0.25) is 0 Å². The highest BCUT2D eigenvalue weighted by molar-refractivity contribution is 6.02. The molecule has 0 radical (unpaired) electrons. The molecule has 2 heterocycles. The van der Waals surface area contributed by atoms with Gasteiger partial charge in [-0.15, -0.1) is 0 Å². The van der Waals surface area contributed by atoms with Gasteiger partial charge in [0.15, 0.2) is 11.5 Å². The molecule has 0 spiro atoms. The number of benzene rings is 3. The third-order valence-corrected chi connectivity index (χ3v) is 4.91. The largest absolute Gasteiger partial charge is 0.453 e. The summed E-state index contributed by atoms with van der Waals surface area (Å²) in [7, 11) is 0. The normalized spacial score (nSPS) is 13.5. The zero-order valence-corrected chi connectivity index (χ0v) is 14.6. The third-order valence-electron chi connectivity index (χ3n) is 4.91. The van der Waals surface area contributed by atoms with Gasteiger partial charge in [-0.3, -0.25) is 4.90 Å². The van der Waals surface area contributed by atoms with Gasteiger partial charge in [0.05, 0.1) is 34.4 Å². The Labute approximate surface area is 152 Å². The Kier molecular flexibility index (Phi) is 3.01. The Morgan fingerprint density at radius 2 is 1.62 bits per heavy atom. The lowest BCUT2D eigenvalue weighted by Crippen LogP contribution is -2.33. The van der Waals surface area contributed by atoms with Crippen LogP contribution in [-0.4, -0.2) is 6.04 Å². The Hall–Kier alpha value is -3.45. The highest BCUT2D eigenvalue weighted by Gasteiger charge is 2.37. The lowest BCUT2D eigenvalue weighted by molar-refractivity contribution is 0.476. The predicted octanol–water partition coefficient (Wildman–Crippen LogP) is 5.99. The molecule has 126 valence electrons. The molecule has 0 saturated heterocycles. The van der Waals surface area contributed by atoms with Gasteiger partial charge in [-0.1, -0.05) is 18.2 Å². The van der Waals surface area contributed by atoms with E-state index in [1.807, 2.05) is 48.5 Å². The van der Waals surface area contributed by atoms with Crippen LogP contribution in [0.1, 0.15) is 19.4 Å². The number of hydrogen-bond acceptors (Lipinski definition) is 4. The van der Waals surface area contributed by atoms with Crippen molar-refractivity contribution in [3.63, 3.8) is 0 Å². The van der Waals surface area contributed by atoms with Gasteiger partial charge in [-0.05, 0) is 56.3 Å². The number of para-hydroxylation sites is 3. The van der Waals surface area contributed by atoms with Crippen LogP contribution in [0.4, 0.5) is 28.4 Å². The molecular formula is C22H17N3O. The van der Waals surface area contributed by atoms with Gasteiger partial charge in [-0.2, -0.15) is 5.26 Å². The molecule has 0 saturated carbocycles. The van der Waals surface area contributed by atoms with Crippen LogP contribution >= 0.6 is 0 Å². The fraction of sp³-hybridized carbons (Fsp3) is 0.136. The molecule has 3 aromatic carbocycles. The Balaban J connectivity index is 1.87. The lowest BCUT2D eigenvalue weighted by atomic mass is 10.0. The van der Waals surface area contributed by atoms with Gasteiger partial charge in [0, 0.05) is 6.04 Å². The molecule has 0 amide bonds. The van der Waals surface area contributed by atoms with Gasteiger partial charge in [0.1, 0.15) is 5.69 Å². The maximum Gasteiger partial charge on any atom is 0.153 e. The van der Waals surface area contributed by atoms with Crippen LogP contribution in [0.5, 0.6) is 11.5 Å². The smallest absolute Gasteiger partial charge is 0.153 e. The molecule has 2 aliphatic heterocycles. The van der Waals surface area contributed by atoms with Crippen molar-refractivity contribution in [2.45, 2.75) is 19.9 Å². The molecule has 3 aromatic rings. The number of anilines is 5. The first-order valence-electron chi connectivity index (χ1n) is 8.72. The average Bonchev–Trinajstić information content (AvgIpc) is 2.66. The monoisotopic (exact) mass is 339 g/mol. The average molecular weight is 339 g/mol. The minimum absolute atomic E-state index is 0.244. The predicted molar refractivity (Wildman–Crippen MR) is 103 cm³/mol. The first kappa shape index (κ1) is 14.9. The van der Waals surface area contributed by atoms with Gasteiger partial charge >= 0.3 is 0 Å². The SMILES string of the molecule is CC(C)N1c2cc(C#N)ccc2N2c3ccccc3Oc3cccc1c32. The molecule has 2 aliphatic rings. The molecule has 0 fully saturated rings. The van der Waals surface area contributed by atoms with E-state index in [0.29, 0.717) is 5.56 Å². The maximum atomic E-state index is 9.39. The number of nitriles is 1. The van der Waals surface area contributed by atoms with Crippen LogP contribution < -0.4 is 14.5 Å². The summed E-state index contributed by atoms with van der Waals surface area (Å²) in [6, 6.07) is 22.6. The van der Waals surface area contributed by atoms with E-state index in [9.17, 15) is 5.26 Å². The van der Waals surface area contributed by atoms with Crippen LogP contribution in [0.25, 0.3) is 0 Å². The molecule has 26 heavy (non-hydrogen) atoms. The number of ether oxygens (including phenoxy) is 1. The molecule has 0 bridgehead atoms. The van der Waals surface area contributed by atoms with Crippen LogP contribution in [0.15, 0.2) is 60.7 Å². The summed E-state index contributed by atoms with van der Waals surface area (Å²) in [4.78, 5) is 4.53. The molecule has 4 heteroatoms. The van der Waals surface area contributed by atoms with Crippen molar-refractivity contribution in [2.75, 3.05) is 9.80 Å². The van der Waals surface area contributed by atoms with Crippen molar-refractivity contribution in [3.05, 3.63) is 66.2 Å². The molecule has 0 N–H and O–H groups in total. The number of hydrogen-bond donors (Lipinski definition) is 0. The van der Waals surface area contributed by atoms with E-state index in [-0.39, 0.29) is 6.04 Å². The summed E-state index contributed by atoms with van der Waals surface area (Å²) in [6.45, 7) is 4.32. The molecular weight excluding hydrogens is 322 g/mol. The molecule has 4 nitrogen and oxygen atoms in total. The first-order valence-corrected chi connectivity index (χ1v) is 8.72. The van der Waals surface area contributed by atoms with Crippen LogP contribution in [0.3, 0.4) is 0 Å². The first-order chi connectivity index (χ1) is 12.7. The van der Waals surface area contributed by atoms with Crippen molar-refractivity contribution >= 4 is 28.4 Å². The second kappa shape index (κ2) is 5.27. The molecule has 0 unspecified atom stereocenters. The second-order valence-corrected chi connectivity index (χ2v) is 6.81.